The topological polar surface area (TPSA) is 46.6 Å². The minimum atomic E-state index is -4.36. The number of benzene rings is 1. The monoisotopic (exact) mass is 329 g/mol. The zero-order valence-corrected chi connectivity index (χ0v) is 12.7. The molecule has 1 atom stereocenters. The third-order valence-corrected chi connectivity index (χ3v) is 3.91. The van der Waals surface area contributed by atoms with Crippen LogP contribution in [0.15, 0.2) is 24.3 Å². The van der Waals surface area contributed by atoms with E-state index in [-0.39, 0.29) is 18.9 Å². The van der Waals surface area contributed by atoms with E-state index in [1.807, 2.05) is 0 Å². The van der Waals surface area contributed by atoms with Crippen molar-refractivity contribution in [3.8, 4) is 0 Å². The predicted molar refractivity (Wildman–Crippen MR) is 76.5 cm³/mol. The molecule has 0 spiro atoms. The summed E-state index contributed by atoms with van der Waals surface area (Å²) in [5.74, 6) is -0.925. The molecular weight excluding hydrogens is 311 g/mol. The molecule has 0 aromatic heterocycles. The van der Waals surface area contributed by atoms with Crippen molar-refractivity contribution in [3.05, 3.63) is 35.4 Å². The van der Waals surface area contributed by atoms with E-state index in [2.05, 4.69) is 0 Å². The lowest BCUT2D eigenvalue weighted by atomic mass is 9.97. The first-order valence-corrected chi connectivity index (χ1v) is 7.34. The highest BCUT2D eigenvalue weighted by Crippen LogP contribution is 2.29. The number of nitrogens with zero attached hydrogens (tertiary/aromatic N) is 1. The van der Waals surface area contributed by atoms with Gasteiger partial charge in [-0.3, -0.25) is 9.59 Å². The van der Waals surface area contributed by atoms with Crippen LogP contribution in [-0.4, -0.2) is 37.0 Å². The van der Waals surface area contributed by atoms with Crippen LogP contribution >= 0.6 is 0 Å². The van der Waals surface area contributed by atoms with Gasteiger partial charge >= 0.3 is 12.1 Å². The second kappa shape index (κ2) is 7.02. The fraction of sp³-hybridized carbons (Fsp3) is 0.500. The van der Waals surface area contributed by atoms with Gasteiger partial charge in [0, 0.05) is 26.4 Å². The van der Waals surface area contributed by atoms with E-state index >= 15 is 0 Å². The third-order valence-electron chi connectivity index (χ3n) is 3.91. The maximum Gasteiger partial charge on any atom is 0.416 e. The highest BCUT2D eigenvalue weighted by Gasteiger charge is 2.30. The molecule has 2 rings (SSSR count). The van der Waals surface area contributed by atoms with Crippen molar-refractivity contribution in [2.45, 2.75) is 25.4 Å². The number of piperidine rings is 1. The molecule has 126 valence electrons. The van der Waals surface area contributed by atoms with E-state index in [1.165, 1.54) is 12.1 Å². The maximum atomic E-state index is 12.4. The summed E-state index contributed by atoms with van der Waals surface area (Å²) in [5, 5.41) is 0. The molecule has 4 nitrogen and oxygen atoms in total. The van der Waals surface area contributed by atoms with E-state index in [9.17, 15) is 22.8 Å². The molecule has 1 aliphatic rings. The molecule has 1 heterocycles. The molecular formula is C16H18F3NO3. The summed E-state index contributed by atoms with van der Waals surface area (Å²) in [4.78, 5) is 25.0. The van der Waals surface area contributed by atoms with Crippen LogP contribution in [0.2, 0.25) is 0 Å². The number of carbonyl (C=O) groups excluding carboxylic acids is 2. The lowest BCUT2D eigenvalue weighted by Crippen LogP contribution is -2.38. The molecule has 23 heavy (non-hydrogen) atoms. The molecule has 1 fully saturated rings. The number of hydrogen-bond donors (Lipinski definition) is 0. The van der Waals surface area contributed by atoms with Crippen molar-refractivity contribution in [1.29, 1.82) is 0 Å². The largest absolute Gasteiger partial charge is 0.465 e. The van der Waals surface area contributed by atoms with Crippen molar-refractivity contribution < 1.29 is 27.5 Å². The molecule has 0 aliphatic carbocycles. The molecule has 1 amide bonds. The van der Waals surface area contributed by atoms with Gasteiger partial charge in [0.25, 0.3) is 0 Å². The van der Waals surface area contributed by atoms with Crippen LogP contribution < -0.4 is 0 Å². The van der Waals surface area contributed by atoms with Gasteiger partial charge < -0.3 is 9.64 Å². The van der Waals surface area contributed by atoms with Crippen molar-refractivity contribution in [3.63, 3.8) is 0 Å². The Morgan fingerprint density at radius 1 is 1.30 bits per heavy atom. The van der Waals surface area contributed by atoms with Gasteiger partial charge in [-0.15, -0.1) is 0 Å². The van der Waals surface area contributed by atoms with Crippen LogP contribution in [-0.2, 0) is 26.9 Å². The Morgan fingerprint density at radius 2 is 1.96 bits per heavy atom. The predicted octanol–water partition coefficient (Wildman–Crippen LogP) is 2.66. The summed E-state index contributed by atoms with van der Waals surface area (Å²) in [6.07, 6.45) is -3.30. The Morgan fingerprint density at radius 3 is 2.52 bits per heavy atom. The van der Waals surface area contributed by atoms with Gasteiger partial charge in [0.15, 0.2) is 0 Å². The summed E-state index contributed by atoms with van der Waals surface area (Å²) >= 11 is 0. The standard InChI is InChI=1S/C16H18F3NO3/c1-20-8-6-12(10-14(20)21)15(22)23-9-7-11-2-4-13(5-3-11)16(17,18)19/h2-5,12H,6-10H2,1H3/t12-/m1/s1. The van der Waals surface area contributed by atoms with Gasteiger partial charge in [-0.25, -0.2) is 0 Å². The molecule has 0 saturated carbocycles. The number of halogens is 3. The molecule has 1 aromatic rings. The minimum absolute atomic E-state index is 0.0825. The van der Waals surface area contributed by atoms with E-state index in [0.717, 1.165) is 12.1 Å². The van der Waals surface area contributed by atoms with Crippen LogP contribution in [0.4, 0.5) is 13.2 Å². The van der Waals surface area contributed by atoms with Gasteiger partial charge in [-0.1, -0.05) is 12.1 Å². The zero-order valence-electron chi connectivity index (χ0n) is 12.7. The number of likely N-dealkylation sites (tertiary alicyclic amines) is 1. The number of rotatable bonds is 4. The Labute approximate surface area is 132 Å². The number of alkyl halides is 3. The molecule has 1 aliphatic heterocycles. The van der Waals surface area contributed by atoms with Gasteiger partial charge in [0.05, 0.1) is 18.1 Å². The average Bonchev–Trinajstić information content (AvgIpc) is 2.49. The van der Waals surface area contributed by atoms with Crippen LogP contribution in [0.3, 0.4) is 0 Å². The Hall–Kier alpha value is -2.05. The van der Waals surface area contributed by atoms with Crippen LogP contribution in [0.25, 0.3) is 0 Å². The van der Waals surface area contributed by atoms with E-state index in [0.29, 0.717) is 24.9 Å². The molecule has 1 aromatic carbocycles. The Kier molecular flexibility index (Phi) is 5.28. The van der Waals surface area contributed by atoms with E-state index < -0.39 is 23.6 Å². The molecule has 0 bridgehead atoms. The first-order valence-electron chi connectivity index (χ1n) is 7.34. The van der Waals surface area contributed by atoms with E-state index in [1.54, 1.807) is 11.9 Å². The fourth-order valence-electron chi connectivity index (χ4n) is 2.39. The molecule has 1 saturated heterocycles. The van der Waals surface area contributed by atoms with Crippen molar-refractivity contribution in [1.82, 2.24) is 4.90 Å². The van der Waals surface area contributed by atoms with Crippen LogP contribution in [0, 0.1) is 5.92 Å². The minimum Gasteiger partial charge on any atom is -0.465 e. The highest BCUT2D eigenvalue weighted by atomic mass is 19.4. The van der Waals surface area contributed by atoms with Gasteiger partial charge in [-0.05, 0) is 24.1 Å². The molecule has 0 unspecified atom stereocenters. The third kappa shape index (κ3) is 4.71. The normalized spacial score (nSPS) is 18.9. The highest BCUT2D eigenvalue weighted by molar-refractivity contribution is 5.84. The summed E-state index contributed by atoms with van der Waals surface area (Å²) in [5.41, 5.74) is -0.0478. The van der Waals surface area contributed by atoms with Crippen LogP contribution in [0.5, 0.6) is 0 Å². The number of esters is 1. The summed E-state index contributed by atoms with van der Waals surface area (Å²) in [6, 6.07) is 4.76. The number of amides is 1. The molecule has 7 heteroatoms. The first-order chi connectivity index (χ1) is 10.8. The number of carbonyl (C=O) groups is 2. The molecule has 0 N–H and O–H groups in total. The summed E-state index contributed by atoms with van der Waals surface area (Å²) < 4.78 is 42.5. The second-order valence-corrected chi connectivity index (χ2v) is 5.62. The smallest absolute Gasteiger partial charge is 0.416 e. The van der Waals surface area contributed by atoms with Gasteiger partial charge in [-0.2, -0.15) is 13.2 Å². The maximum absolute atomic E-state index is 12.4. The second-order valence-electron chi connectivity index (χ2n) is 5.62. The first kappa shape index (κ1) is 17.3. The average molecular weight is 329 g/mol. The number of ether oxygens (including phenoxy) is 1. The Balaban J connectivity index is 1.78. The van der Waals surface area contributed by atoms with Crippen LogP contribution in [0.1, 0.15) is 24.0 Å². The SMILES string of the molecule is CN1CC[C@@H](C(=O)OCCc2ccc(C(F)(F)F)cc2)CC1=O. The summed E-state index contributed by atoms with van der Waals surface area (Å²) in [6.45, 7) is 0.613. The van der Waals surface area contributed by atoms with E-state index in [4.69, 9.17) is 4.74 Å². The fourth-order valence-corrected chi connectivity index (χ4v) is 2.39. The van der Waals surface area contributed by atoms with Gasteiger partial charge in [0.1, 0.15) is 0 Å². The van der Waals surface area contributed by atoms with Crippen molar-refractivity contribution in [2.75, 3.05) is 20.2 Å². The lowest BCUT2D eigenvalue weighted by Gasteiger charge is -2.27. The summed E-state index contributed by atoms with van der Waals surface area (Å²) in [7, 11) is 1.69. The van der Waals surface area contributed by atoms with Gasteiger partial charge in [0.2, 0.25) is 5.91 Å². The lowest BCUT2D eigenvalue weighted by molar-refractivity contribution is -0.154. The molecule has 0 radical (unpaired) electrons. The quantitative estimate of drug-likeness (QED) is 0.798. The van der Waals surface area contributed by atoms with Crippen molar-refractivity contribution in [2.24, 2.45) is 5.92 Å². The zero-order chi connectivity index (χ0) is 17.0. The Bertz CT molecular complexity index is 569. The number of hydrogen-bond acceptors (Lipinski definition) is 3. The van der Waals surface area contributed by atoms with Crippen molar-refractivity contribution >= 4 is 11.9 Å².